The zero-order chi connectivity index (χ0) is 13.9. The third-order valence-corrected chi connectivity index (χ3v) is 5.37. The highest BCUT2D eigenvalue weighted by Gasteiger charge is 2.41. The van der Waals surface area contributed by atoms with Gasteiger partial charge in [0.05, 0.1) is 5.75 Å². The molecule has 0 aromatic rings. The van der Waals surface area contributed by atoms with Gasteiger partial charge in [0.15, 0.2) is 0 Å². The third kappa shape index (κ3) is 4.52. The molecule has 1 saturated carbocycles. The number of hydrogen-bond acceptors (Lipinski definition) is 3. The summed E-state index contributed by atoms with van der Waals surface area (Å²) in [5.41, 5.74) is 0.428. The van der Waals surface area contributed by atoms with E-state index in [0.717, 1.165) is 13.0 Å². The molecule has 5 heteroatoms. The molecule has 1 aliphatic carbocycles. The van der Waals surface area contributed by atoms with Gasteiger partial charge in [-0.2, -0.15) is 8.42 Å². The molecule has 0 bridgehead atoms. The highest BCUT2D eigenvalue weighted by Crippen LogP contribution is 2.43. The van der Waals surface area contributed by atoms with Gasteiger partial charge in [-0.25, -0.2) is 0 Å². The Bertz CT molecular complexity index is 364. The summed E-state index contributed by atoms with van der Waals surface area (Å²) in [6.45, 7) is 7.69. The van der Waals surface area contributed by atoms with E-state index in [0.29, 0.717) is 6.42 Å². The summed E-state index contributed by atoms with van der Waals surface area (Å²) in [5.74, 6) is -0.130. The summed E-state index contributed by atoms with van der Waals surface area (Å²) in [4.78, 5) is 0. The van der Waals surface area contributed by atoms with Crippen molar-refractivity contribution in [1.82, 2.24) is 5.32 Å². The lowest BCUT2D eigenvalue weighted by Gasteiger charge is -2.49. The van der Waals surface area contributed by atoms with Crippen LogP contribution in [-0.4, -0.2) is 30.8 Å². The van der Waals surface area contributed by atoms with Crippen LogP contribution >= 0.6 is 0 Å². The van der Waals surface area contributed by atoms with E-state index in [1.54, 1.807) is 0 Å². The molecule has 0 aliphatic heterocycles. The second-order valence-corrected chi connectivity index (χ2v) is 7.92. The van der Waals surface area contributed by atoms with E-state index >= 15 is 0 Å². The summed E-state index contributed by atoms with van der Waals surface area (Å²) in [6.07, 6.45) is 6.28. The fourth-order valence-electron chi connectivity index (χ4n) is 2.76. The van der Waals surface area contributed by atoms with Gasteiger partial charge in [0, 0.05) is 5.54 Å². The molecule has 0 saturated heterocycles. The van der Waals surface area contributed by atoms with Gasteiger partial charge in [-0.15, -0.1) is 0 Å². The monoisotopic (exact) mass is 277 g/mol. The van der Waals surface area contributed by atoms with E-state index < -0.39 is 10.1 Å². The maximum Gasteiger partial charge on any atom is 0.264 e. The van der Waals surface area contributed by atoms with E-state index in [2.05, 4.69) is 26.1 Å². The van der Waals surface area contributed by atoms with Crippen molar-refractivity contribution in [2.24, 2.45) is 5.41 Å². The minimum Gasteiger partial charge on any atom is -0.311 e. The molecule has 1 aliphatic rings. The highest BCUT2D eigenvalue weighted by molar-refractivity contribution is 7.85. The maximum absolute atomic E-state index is 10.6. The van der Waals surface area contributed by atoms with Crippen LogP contribution in [0.4, 0.5) is 0 Å². The number of unbranched alkanes of at least 4 members (excludes halogenated alkanes) is 1. The van der Waals surface area contributed by atoms with Gasteiger partial charge in [0.25, 0.3) is 10.1 Å². The molecule has 0 amide bonds. The van der Waals surface area contributed by atoms with Crippen LogP contribution in [0.1, 0.15) is 59.3 Å². The van der Waals surface area contributed by atoms with Crippen LogP contribution in [0.15, 0.2) is 0 Å². The lowest BCUT2D eigenvalue weighted by Crippen LogP contribution is -2.55. The number of hydrogen-bond donors (Lipinski definition) is 2. The Hall–Kier alpha value is -0.130. The van der Waals surface area contributed by atoms with Crippen molar-refractivity contribution in [3.63, 3.8) is 0 Å². The van der Waals surface area contributed by atoms with Crippen molar-refractivity contribution in [3.8, 4) is 0 Å². The van der Waals surface area contributed by atoms with E-state index in [1.165, 1.54) is 25.7 Å². The lowest BCUT2D eigenvalue weighted by atomic mass is 9.64. The molecule has 1 fully saturated rings. The van der Waals surface area contributed by atoms with Crippen LogP contribution in [0.3, 0.4) is 0 Å². The first-order valence-electron chi connectivity index (χ1n) is 6.87. The summed E-state index contributed by atoms with van der Waals surface area (Å²) in [5, 5.41) is 3.60. The van der Waals surface area contributed by atoms with Crippen LogP contribution < -0.4 is 5.32 Å². The molecule has 0 radical (unpaired) electrons. The Labute approximate surface area is 111 Å². The smallest absolute Gasteiger partial charge is 0.264 e. The number of nitrogens with one attached hydrogen (secondary N) is 1. The first kappa shape index (κ1) is 15.9. The molecule has 2 N–H and O–H groups in total. The Morgan fingerprint density at radius 2 is 1.72 bits per heavy atom. The Kier molecular flexibility index (Phi) is 5.21. The third-order valence-electron chi connectivity index (χ3n) is 4.57. The zero-order valence-electron chi connectivity index (χ0n) is 11.8. The SMILES string of the molecule is CC1(C)CCCCC1(C)NCCCCS(=O)(=O)O. The quantitative estimate of drug-likeness (QED) is 0.578. The molecule has 0 aromatic carbocycles. The van der Waals surface area contributed by atoms with Gasteiger partial charge in [-0.3, -0.25) is 4.55 Å². The van der Waals surface area contributed by atoms with Crippen molar-refractivity contribution in [2.75, 3.05) is 12.3 Å². The molecule has 0 heterocycles. The Morgan fingerprint density at radius 1 is 1.11 bits per heavy atom. The average Bonchev–Trinajstić information content (AvgIpc) is 2.21. The van der Waals surface area contributed by atoms with Gasteiger partial charge < -0.3 is 5.32 Å². The van der Waals surface area contributed by atoms with Crippen molar-refractivity contribution in [3.05, 3.63) is 0 Å². The van der Waals surface area contributed by atoms with Crippen molar-refractivity contribution < 1.29 is 13.0 Å². The standard InChI is InChI=1S/C13H27NO3S/c1-12(2)8-4-5-9-13(12,3)14-10-6-7-11-18(15,16)17/h14H,4-11H2,1-3H3,(H,15,16,17). The summed E-state index contributed by atoms with van der Waals surface area (Å²) in [6, 6.07) is 0. The average molecular weight is 277 g/mol. The van der Waals surface area contributed by atoms with Crippen molar-refractivity contribution in [2.45, 2.75) is 64.8 Å². The van der Waals surface area contributed by atoms with Crippen LogP contribution in [0.2, 0.25) is 0 Å². The van der Waals surface area contributed by atoms with Crippen LogP contribution in [0.5, 0.6) is 0 Å². The molecule has 0 spiro atoms. The molecule has 1 unspecified atom stereocenters. The fraction of sp³-hybridized carbons (Fsp3) is 1.00. The van der Waals surface area contributed by atoms with Gasteiger partial charge in [-0.05, 0) is 44.6 Å². The molecule has 1 atom stereocenters. The Morgan fingerprint density at radius 3 is 2.28 bits per heavy atom. The normalized spacial score (nSPS) is 28.2. The summed E-state index contributed by atoms with van der Waals surface area (Å²) in [7, 11) is -3.80. The molecule has 4 nitrogen and oxygen atoms in total. The van der Waals surface area contributed by atoms with Crippen LogP contribution in [0.25, 0.3) is 0 Å². The summed E-state index contributed by atoms with van der Waals surface area (Å²) >= 11 is 0. The molecular formula is C13H27NO3S. The van der Waals surface area contributed by atoms with Crippen molar-refractivity contribution in [1.29, 1.82) is 0 Å². The lowest BCUT2D eigenvalue weighted by molar-refractivity contribution is 0.0782. The first-order chi connectivity index (χ1) is 8.16. The molecule has 108 valence electrons. The van der Waals surface area contributed by atoms with Gasteiger partial charge in [0.1, 0.15) is 0 Å². The largest absolute Gasteiger partial charge is 0.311 e. The van der Waals surface area contributed by atoms with E-state index in [4.69, 9.17) is 4.55 Å². The van der Waals surface area contributed by atoms with Crippen LogP contribution in [0, 0.1) is 5.41 Å². The predicted molar refractivity (Wildman–Crippen MR) is 74.3 cm³/mol. The zero-order valence-corrected chi connectivity index (χ0v) is 12.6. The molecule has 18 heavy (non-hydrogen) atoms. The van der Waals surface area contributed by atoms with Gasteiger partial charge >= 0.3 is 0 Å². The van der Waals surface area contributed by atoms with Crippen molar-refractivity contribution >= 4 is 10.1 Å². The maximum atomic E-state index is 10.6. The molecule has 1 rings (SSSR count). The fourth-order valence-corrected chi connectivity index (χ4v) is 3.33. The second-order valence-electron chi connectivity index (χ2n) is 6.34. The Balaban J connectivity index is 2.33. The highest BCUT2D eigenvalue weighted by atomic mass is 32.2. The second kappa shape index (κ2) is 5.88. The summed E-state index contributed by atoms with van der Waals surface area (Å²) < 4.78 is 29.8. The minimum absolute atomic E-state index is 0.130. The van der Waals surface area contributed by atoms with Gasteiger partial charge in [0.2, 0.25) is 0 Å². The predicted octanol–water partition coefficient (Wildman–Crippen LogP) is 2.60. The van der Waals surface area contributed by atoms with Gasteiger partial charge in [-0.1, -0.05) is 26.7 Å². The molecular weight excluding hydrogens is 250 g/mol. The first-order valence-corrected chi connectivity index (χ1v) is 8.47. The van der Waals surface area contributed by atoms with E-state index in [1.807, 2.05) is 0 Å². The molecule has 0 aromatic heterocycles. The van der Waals surface area contributed by atoms with Crippen LogP contribution in [-0.2, 0) is 10.1 Å². The van der Waals surface area contributed by atoms with E-state index in [9.17, 15) is 8.42 Å². The minimum atomic E-state index is -3.80. The topological polar surface area (TPSA) is 66.4 Å². The number of rotatable bonds is 6. The van der Waals surface area contributed by atoms with E-state index in [-0.39, 0.29) is 16.7 Å².